The molecule has 0 radical (unpaired) electrons. The third-order valence-corrected chi connectivity index (χ3v) is 4.21. The molecule has 0 N–H and O–H groups in total. The molecule has 0 saturated carbocycles. The van der Waals surface area contributed by atoms with Crippen LogP contribution >= 0.6 is 0 Å². The summed E-state index contributed by atoms with van der Waals surface area (Å²) in [5.74, 6) is 2.71. The van der Waals surface area contributed by atoms with Gasteiger partial charge < -0.3 is 14.1 Å². The Bertz CT molecular complexity index is 755. The van der Waals surface area contributed by atoms with Crippen LogP contribution in [0.5, 0.6) is 0 Å². The summed E-state index contributed by atoms with van der Waals surface area (Å²) in [5, 5.41) is 9.94. The van der Waals surface area contributed by atoms with E-state index in [1.165, 1.54) is 7.11 Å². The van der Waals surface area contributed by atoms with Crippen LogP contribution in [0.3, 0.4) is 0 Å². The molecule has 1 aromatic carbocycles. The Morgan fingerprint density at radius 3 is 2.77 bits per heavy atom. The fraction of sp³-hybridized carbons (Fsp3) is 0.375. The molecular formula is C16H17BN2O3. The molecule has 3 rings (SSSR count). The first-order valence-corrected chi connectivity index (χ1v) is 7.40. The summed E-state index contributed by atoms with van der Waals surface area (Å²) in [6.45, 7) is 3.70. The molecule has 1 fully saturated rings. The third-order valence-electron chi connectivity index (χ3n) is 4.21. The molecule has 112 valence electrons. The number of nitrogens with zero attached hydrogens (tertiary/aromatic N) is 2. The van der Waals surface area contributed by atoms with Gasteiger partial charge in [0.2, 0.25) is 0 Å². The SMILES string of the molecule is COC(=O)c1ccc(N2CCB(C#N)CC2)c2cc(C)oc12. The van der Waals surface area contributed by atoms with Gasteiger partial charge in [-0.1, -0.05) is 0 Å². The second-order valence-electron chi connectivity index (χ2n) is 5.61. The predicted octanol–water partition coefficient (Wildman–Crippen LogP) is 2.91. The summed E-state index contributed by atoms with van der Waals surface area (Å²) < 4.78 is 10.5. The van der Waals surface area contributed by atoms with Crippen LogP contribution in [0.1, 0.15) is 16.1 Å². The highest BCUT2D eigenvalue weighted by Gasteiger charge is 2.25. The lowest BCUT2D eigenvalue weighted by Gasteiger charge is -2.30. The van der Waals surface area contributed by atoms with Crippen LogP contribution in [-0.4, -0.2) is 32.9 Å². The first-order chi connectivity index (χ1) is 10.6. The van der Waals surface area contributed by atoms with Crippen molar-refractivity contribution in [1.29, 1.82) is 5.26 Å². The molecule has 0 bridgehead atoms. The summed E-state index contributed by atoms with van der Waals surface area (Å²) in [6, 6.07) is 5.65. The summed E-state index contributed by atoms with van der Waals surface area (Å²) in [5.41, 5.74) is 2.07. The minimum atomic E-state index is -0.394. The summed E-state index contributed by atoms with van der Waals surface area (Å²) in [6.07, 6.45) is 1.74. The van der Waals surface area contributed by atoms with Gasteiger partial charge >= 0.3 is 5.97 Å². The van der Waals surface area contributed by atoms with E-state index in [1.807, 2.05) is 19.1 Å². The van der Waals surface area contributed by atoms with E-state index < -0.39 is 5.97 Å². The molecule has 1 aliphatic heterocycles. The highest BCUT2D eigenvalue weighted by molar-refractivity contribution is 6.67. The average molecular weight is 296 g/mol. The minimum Gasteiger partial charge on any atom is -0.465 e. The highest BCUT2D eigenvalue weighted by Crippen LogP contribution is 2.34. The van der Waals surface area contributed by atoms with E-state index in [1.54, 1.807) is 6.07 Å². The molecule has 0 amide bonds. The van der Waals surface area contributed by atoms with Gasteiger partial charge in [-0.3, -0.25) is 0 Å². The number of benzene rings is 1. The van der Waals surface area contributed by atoms with Gasteiger partial charge in [-0.25, -0.2) is 10.1 Å². The number of furan rings is 1. The van der Waals surface area contributed by atoms with Crippen LogP contribution in [0.2, 0.25) is 12.6 Å². The molecule has 0 aliphatic carbocycles. The molecule has 1 aromatic heterocycles. The van der Waals surface area contributed by atoms with Crippen molar-refractivity contribution in [3.8, 4) is 5.97 Å². The lowest BCUT2D eigenvalue weighted by Crippen LogP contribution is -2.36. The van der Waals surface area contributed by atoms with Crippen LogP contribution < -0.4 is 4.90 Å². The maximum atomic E-state index is 11.9. The summed E-state index contributed by atoms with van der Waals surface area (Å²) in [7, 11) is 1.37. The van der Waals surface area contributed by atoms with Crippen LogP contribution in [0, 0.1) is 18.2 Å². The Balaban J connectivity index is 2.02. The topological polar surface area (TPSA) is 66.5 Å². The number of anilines is 1. The smallest absolute Gasteiger partial charge is 0.341 e. The van der Waals surface area contributed by atoms with E-state index >= 15 is 0 Å². The second-order valence-corrected chi connectivity index (χ2v) is 5.61. The van der Waals surface area contributed by atoms with Crippen molar-refractivity contribution in [3.05, 3.63) is 29.5 Å². The molecule has 0 spiro atoms. The highest BCUT2D eigenvalue weighted by atomic mass is 16.5. The molecule has 1 aliphatic rings. The van der Waals surface area contributed by atoms with Gasteiger partial charge in [-0.05, 0) is 37.8 Å². The number of hydrogen-bond donors (Lipinski definition) is 0. The van der Waals surface area contributed by atoms with E-state index in [0.29, 0.717) is 11.1 Å². The molecule has 5 nitrogen and oxygen atoms in total. The van der Waals surface area contributed by atoms with E-state index in [-0.39, 0.29) is 6.71 Å². The zero-order valence-electron chi connectivity index (χ0n) is 12.8. The molecular weight excluding hydrogens is 279 g/mol. The predicted molar refractivity (Wildman–Crippen MR) is 85.5 cm³/mol. The maximum Gasteiger partial charge on any atom is 0.341 e. The van der Waals surface area contributed by atoms with Crippen molar-refractivity contribution >= 4 is 29.3 Å². The quantitative estimate of drug-likeness (QED) is 0.629. The zero-order valence-corrected chi connectivity index (χ0v) is 12.8. The number of fused-ring (bicyclic) bond motifs is 1. The van der Waals surface area contributed by atoms with E-state index in [2.05, 4.69) is 10.9 Å². The molecule has 0 atom stereocenters. The van der Waals surface area contributed by atoms with E-state index in [0.717, 1.165) is 42.6 Å². The second kappa shape index (κ2) is 5.76. The third kappa shape index (κ3) is 2.43. The van der Waals surface area contributed by atoms with Crippen LogP contribution in [-0.2, 0) is 4.74 Å². The average Bonchev–Trinajstić information content (AvgIpc) is 2.94. The van der Waals surface area contributed by atoms with E-state index in [9.17, 15) is 4.79 Å². The lowest BCUT2D eigenvalue weighted by molar-refractivity contribution is 0.0601. The van der Waals surface area contributed by atoms with Crippen molar-refractivity contribution < 1.29 is 13.9 Å². The van der Waals surface area contributed by atoms with Gasteiger partial charge in [-0.2, -0.15) is 0 Å². The van der Waals surface area contributed by atoms with Crippen LogP contribution in [0.15, 0.2) is 22.6 Å². The fourth-order valence-electron chi connectivity index (χ4n) is 3.03. The number of esters is 1. The number of rotatable bonds is 2. The van der Waals surface area contributed by atoms with Gasteiger partial charge in [-0.15, -0.1) is 0 Å². The van der Waals surface area contributed by atoms with Crippen molar-refractivity contribution in [3.63, 3.8) is 0 Å². The van der Waals surface area contributed by atoms with Gasteiger partial charge in [0, 0.05) is 30.1 Å². The Labute approximate surface area is 129 Å². The number of carbonyl (C=O) groups excluding carboxylic acids is 1. The number of carbonyl (C=O) groups is 1. The van der Waals surface area contributed by atoms with Gasteiger partial charge in [0.15, 0.2) is 5.58 Å². The minimum absolute atomic E-state index is 0.146. The Morgan fingerprint density at radius 1 is 1.41 bits per heavy atom. The first kappa shape index (κ1) is 14.5. The van der Waals surface area contributed by atoms with Crippen molar-refractivity contribution in [2.45, 2.75) is 19.6 Å². The van der Waals surface area contributed by atoms with Crippen LogP contribution in [0.4, 0.5) is 5.69 Å². The number of hydrogen-bond acceptors (Lipinski definition) is 5. The van der Waals surface area contributed by atoms with E-state index in [4.69, 9.17) is 14.4 Å². The summed E-state index contributed by atoms with van der Waals surface area (Å²) >= 11 is 0. The number of nitriles is 1. The molecule has 2 aromatic rings. The van der Waals surface area contributed by atoms with Crippen molar-refractivity contribution in [2.24, 2.45) is 0 Å². The maximum absolute atomic E-state index is 11.9. The van der Waals surface area contributed by atoms with Crippen LogP contribution in [0.25, 0.3) is 11.0 Å². The molecule has 2 heterocycles. The molecule has 0 unspecified atom stereocenters. The Morgan fingerprint density at radius 2 is 2.14 bits per heavy atom. The monoisotopic (exact) mass is 296 g/mol. The van der Waals surface area contributed by atoms with Gasteiger partial charge in [0.25, 0.3) is 6.71 Å². The van der Waals surface area contributed by atoms with Crippen molar-refractivity contribution in [2.75, 3.05) is 25.1 Å². The standard InChI is InChI=1S/C16H17BN2O3/c1-11-9-13-14(19-7-5-17(10-18)6-8-19)4-3-12(15(13)22-11)16(20)21-2/h3-4,9H,5-8H2,1-2H3. The number of methoxy groups -OCH3 is 1. The number of ether oxygens (including phenoxy) is 1. The number of aryl methyl sites for hydroxylation is 1. The van der Waals surface area contributed by atoms with Gasteiger partial charge in [0.1, 0.15) is 11.3 Å². The Hall–Kier alpha value is -2.42. The largest absolute Gasteiger partial charge is 0.465 e. The Kier molecular flexibility index (Phi) is 3.80. The molecule has 22 heavy (non-hydrogen) atoms. The normalized spacial score (nSPS) is 15.0. The molecule has 1 saturated heterocycles. The summed E-state index contributed by atoms with van der Waals surface area (Å²) in [4.78, 5) is 14.1. The molecule has 6 heteroatoms. The first-order valence-electron chi connectivity index (χ1n) is 7.40. The van der Waals surface area contributed by atoms with Gasteiger partial charge in [0.05, 0.1) is 7.11 Å². The van der Waals surface area contributed by atoms with Crippen molar-refractivity contribution in [1.82, 2.24) is 0 Å². The zero-order chi connectivity index (χ0) is 15.7. The fourth-order valence-corrected chi connectivity index (χ4v) is 3.03. The lowest BCUT2D eigenvalue weighted by atomic mass is 9.45.